The molecule has 0 radical (unpaired) electrons. The number of carbonyl (C=O) groups is 2. The van der Waals surface area contributed by atoms with Crippen LogP contribution < -0.4 is 5.32 Å². The van der Waals surface area contributed by atoms with E-state index in [0.29, 0.717) is 24.5 Å². The van der Waals surface area contributed by atoms with Gasteiger partial charge in [-0.3, -0.25) is 9.80 Å². The van der Waals surface area contributed by atoms with Gasteiger partial charge in [0.25, 0.3) is 0 Å². The number of esters is 1. The minimum atomic E-state index is -0.622. The molecule has 24 heavy (non-hydrogen) atoms. The molecule has 1 aliphatic heterocycles. The number of nitrogens with one attached hydrogen (secondary N) is 1. The Labute approximate surface area is 142 Å². The van der Waals surface area contributed by atoms with E-state index in [1.54, 1.807) is 30.1 Å². The lowest BCUT2D eigenvalue weighted by molar-refractivity contribution is -0.146. The normalized spacial score (nSPS) is 16.4. The Hall–Kier alpha value is -2.09. The minimum absolute atomic E-state index is 0.171. The molecule has 1 saturated heterocycles. The van der Waals surface area contributed by atoms with Crippen LogP contribution in [0.2, 0.25) is 0 Å². The Balaban J connectivity index is 2.20. The highest BCUT2D eigenvalue weighted by Crippen LogP contribution is 2.27. The molecule has 8 heteroatoms. The van der Waals surface area contributed by atoms with Gasteiger partial charge in [-0.2, -0.15) is 0 Å². The zero-order valence-corrected chi connectivity index (χ0v) is 15.0. The van der Waals surface area contributed by atoms with E-state index >= 15 is 0 Å². The van der Waals surface area contributed by atoms with E-state index in [1.165, 1.54) is 0 Å². The fourth-order valence-electron chi connectivity index (χ4n) is 2.49. The maximum Gasteiger partial charge on any atom is 0.332 e. The van der Waals surface area contributed by atoms with Crippen molar-refractivity contribution in [3.05, 3.63) is 17.5 Å². The average Bonchev–Trinajstić information content (AvgIpc) is 3.13. The van der Waals surface area contributed by atoms with E-state index in [-0.39, 0.29) is 30.6 Å². The van der Waals surface area contributed by atoms with Crippen molar-refractivity contribution in [3.8, 4) is 0 Å². The molecule has 1 N–H and O–H groups in total. The maximum absolute atomic E-state index is 12.4. The first-order chi connectivity index (χ1) is 11.2. The topological polar surface area (TPSA) is 87.9 Å². The average molecular weight is 338 g/mol. The van der Waals surface area contributed by atoms with Gasteiger partial charge in [-0.05, 0) is 6.92 Å². The van der Waals surface area contributed by atoms with Crippen LogP contribution in [-0.2, 0) is 14.9 Å². The molecule has 1 aliphatic rings. The smallest absolute Gasteiger partial charge is 0.332 e. The Kier molecular flexibility index (Phi) is 5.48. The summed E-state index contributed by atoms with van der Waals surface area (Å²) in [7, 11) is 1.77. The van der Waals surface area contributed by atoms with Crippen molar-refractivity contribution >= 4 is 12.0 Å². The molecule has 1 fully saturated rings. The van der Waals surface area contributed by atoms with E-state index in [0.717, 1.165) is 0 Å². The number of likely N-dealkylation sites (N-methyl/N-ethyl adjacent to an activating group) is 1. The van der Waals surface area contributed by atoms with Crippen LogP contribution in [0.3, 0.4) is 0 Å². The molecule has 8 nitrogen and oxygen atoms in total. The Bertz CT molecular complexity index is 593. The number of nitrogens with zero attached hydrogens (tertiary/aromatic N) is 3. The van der Waals surface area contributed by atoms with Crippen LogP contribution in [0.25, 0.3) is 0 Å². The number of carbonyl (C=O) groups excluding carboxylic acids is 2. The molecule has 2 amide bonds. The lowest BCUT2D eigenvalue weighted by Crippen LogP contribution is -2.45. The highest BCUT2D eigenvalue weighted by Gasteiger charge is 2.32. The van der Waals surface area contributed by atoms with Crippen LogP contribution in [0.1, 0.15) is 45.1 Å². The molecular formula is C16H26N4O4. The van der Waals surface area contributed by atoms with Crippen LogP contribution in [0.4, 0.5) is 4.79 Å². The Morgan fingerprint density at radius 3 is 2.75 bits per heavy atom. The zero-order chi connectivity index (χ0) is 17.9. The molecule has 0 aromatic carbocycles. The minimum Gasteiger partial charge on any atom is -0.465 e. The summed E-state index contributed by atoms with van der Waals surface area (Å²) >= 11 is 0. The number of aromatic nitrogens is 1. The third kappa shape index (κ3) is 4.05. The van der Waals surface area contributed by atoms with Gasteiger partial charge in [0.1, 0.15) is 11.7 Å². The predicted molar refractivity (Wildman–Crippen MR) is 87.3 cm³/mol. The van der Waals surface area contributed by atoms with E-state index in [1.807, 2.05) is 20.8 Å². The molecule has 0 aliphatic carbocycles. The number of urea groups is 1. The molecular weight excluding hydrogens is 312 g/mol. The summed E-state index contributed by atoms with van der Waals surface area (Å²) in [5.74, 6) is -0.297. The van der Waals surface area contributed by atoms with Crippen molar-refractivity contribution in [3.63, 3.8) is 0 Å². The molecule has 1 aromatic rings. The first-order valence-electron chi connectivity index (χ1n) is 8.14. The largest absolute Gasteiger partial charge is 0.465 e. The van der Waals surface area contributed by atoms with Crippen molar-refractivity contribution in [2.24, 2.45) is 0 Å². The Morgan fingerprint density at radius 2 is 2.25 bits per heavy atom. The van der Waals surface area contributed by atoms with E-state index < -0.39 is 5.92 Å². The summed E-state index contributed by atoms with van der Waals surface area (Å²) in [6.45, 7) is 9.51. The SMILES string of the molecule is CCOC(=O)C(CN(C)N1CCNC1=O)c1cc(C(C)(C)C)on1. The van der Waals surface area contributed by atoms with Gasteiger partial charge < -0.3 is 14.6 Å². The monoisotopic (exact) mass is 338 g/mol. The van der Waals surface area contributed by atoms with Crippen molar-refractivity contribution in [1.82, 2.24) is 20.5 Å². The summed E-state index contributed by atoms with van der Waals surface area (Å²) in [6, 6.07) is 1.62. The summed E-state index contributed by atoms with van der Waals surface area (Å²) in [5.41, 5.74) is 0.315. The number of rotatable bonds is 6. The molecule has 2 rings (SSSR count). The van der Waals surface area contributed by atoms with E-state index in [4.69, 9.17) is 9.26 Å². The number of amides is 2. The fraction of sp³-hybridized carbons (Fsp3) is 0.688. The number of hydrogen-bond donors (Lipinski definition) is 1. The standard InChI is InChI=1S/C16H26N4O4/c1-6-23-14(21)11(10-19(5)20-8-7-17-15(20)22)12-9-13(24-18-12)16(2,3)4/h9,11H,6-8,10H2,1-5H3,(H,17,22). The number of hydrazine groups is 1. The molecule has 0 spiro atoms. The van der Waals surface area contributed by atoms with Crippen LogP contribution >= 0.6 is 0 Å². The number of ether oxygens (including phenoxy) is 1. The molecule has 0 bridgehead atoms. The zero-order valence-electron chi connectivity index (χ0n) is 15.0. The summed E-state index contributed by atoms with van der Waals surface area (Å²) in [6.07, 6.45) is 0. The van der Waals surface area contributed by atoms with Crippen LogP contribution in [0.15, 0.2) is 10.6 Å². The lowest BCUT2D eigenvalue weighted by Gasteiger charge is -2.28. The van der Waals surface area contributed by atoms with Gasteiger partial charge in [0.2, 0.25) is 0 Å². The molecule has 0 saturated carbocycles. The van der Waals surface area contributed by atoms with Gasteiger partial charge in [-0.25, -0.2) is 9.80 Å². The van der Waals surface area contributed by atoms with Crippen LogP contribution in [-0.4, -0.2) is 60.5 Å². The predicted octanol–water partition coefficient (Wildman–Crippen LogP) is 1.49. The van der Waals surface area contributed by atoms with Crippen molar-refractivity contribution < 1.29 is 18.8 Å². The van der Waals surface area contributed by atoms with Crippen LogP contribution in [0.5, 0.6) is 0 Å². The third-order valence-electron chi connectivity index (χ3n) is 3.89. The van der Waals surface area contributed by atoms with Gasteiger partial charge in [0, 0.05) is 31.6 Å². The van der Waals surface area contributed by atoms with Gasteiger partial charge in [0.15, 0.2) is 0 Å². The van der Waals surface area contributed by atoms with Crippen molar-refractivity contribution in [1.29, 1.82) is 0 Å². The first kappa shape index (κ1) is 18.3. The molecule has 134 valence electrons. The lowest BCUT2D eigenvalue weighted by atomic mass is 9.92. The molecule has 1 unspecified atom stereocenters. The van der Waals surface area contributed by atoms with E-state index in [2.05, 4.69) is 10.5 Å². The van der Waals surface area contributed by atoms with Crippen LogP contribution in [0, 0.1) is 0 Å². The van der Waals surface area contributed by atoms with Crippen molar-refractivity contribution in [2.75, 3.05) is 33.3 Å². The number of hydrogen-bond acceptors (Lipinski definition) is 6. The highest BCUT2D eigenvalue weighted by atomic mass is 16.5. The first-order valence-corrected chi connectivity index (χ1v) is 8.14. The summed E-state index contributed by atoms with van der Waals surface area (Å²) in [5, 5.41) is 10.1. The molecule has 2 heterocycles. The van der Waals surface area contributed by atoms with Crippen molar-refractivity contribution in [2.45, 2.75) is 39.0 Å². The fourth-order valence-corrected chi connectivity index (χ4v) is 2.49. The van der Waals surface area contributed by atoms with Gasteiger partial charge in [-0.1, -0.05) is 25.9 Å². The summed E-state index contributed by atoms with van der Waals surface area (Å²) in [4.78, 5) is 24.2. The Morgan fingerprint density at radius 1 is 1.54 bits per heavy atom. The summed E-state index contributed by atoms with van der Waals surface area (Å²) < 4.78 is 10.6. The molecule has 1 aromatic heterocycles. The van der Waals surface area contributed by atoms with Gasteiger partial charge >= 0.3 is 12.0 Å². The highest BCUT2D eigenvalue weighted by molar-refractivity contribution is 5.78. The quantitative estimate of drug-likeness (QED) is 0.791. The van der Waals surface area contributed by atoms with Gasteiger partial charge in [0.05, 0.1) is 18.8 Å². The third-order valence-corrected chi connectivity index (χ3v) is 3.89. The molecule has 1 atom stereocenters. The van der Waals surface area contributed by atoms with Gasteiger partial charge in [-0.15, -0.1) is 0 Å². The second-order valence-electron chi connectivity index (χ2n) is 6.87. The maximum atomic E-state index is 12.4. The second kappa shape index (κ2) is 7.21. The van der Waals surface area contributed by atoms with E-state index in [9.17, 15) is 9.59 Å². The second-order valence-corrected chi connectivity index (χ2v) is 6.87.